The molecule has 5 heteroatoms. The van der Waals surface area contributed by atoms with Crippen molar-refractivity contribution in [3.8, 4) is 50.2 Å². The number of hydrogen-bond donors (Lipinski definition) is 0. The Balaban J connectivity index is 1.09. The standard InChI is InChI=1S/C80H62BN3O/c1-79(2,3)56-38-44-69-64(48-56)65-49-57(80(4,5)6)39-45-70(65)82(69)58-40-42-66-71(50-58)84(76-60(53-28-15-9-16-29-53)34-23-35-61(76)54-30-17-10-18-31-54)73-47-55(51-24-11-7-12-25-51)46-72-75(73)81(66)67-43-41-63-62-33-20-22-37-74(62)85-78(63)77(67)83(72)68-36-21-19-32-59(68)52-26-13-8-14-27-52/h7-50H,1-6H3/i20D,22D,33D,37D. The zero-order valence-electron chi connectivity index (χ0n) is 52.4. The van der Waals surface area contributed by atoms with E-state index < -0.39 is 6.71 Å². The second-order valence-electron chi connectivity index (χ2n) is 24.9. The summed E-state index contributed by atoms with van der Waals surface area (Å²) in [6.45, 7) is 13.4. The summed E-state index contributed by atoms with van der Waals surface area (Å²) in [6.07, 6.45) is 0. The summed E-state index contributed by atoms with van der Waals surface area (Å²) in [5.41, 5.74) is 23.6. The molecule has 4 heterocycles. The van der Waals surface area contributed by atoms with E-state index in [1.165, 1.54) is 21.9 Å². The Labute approximate surface area is 503 Å². The van der Waals surface area contributed by atoms with Crippen molar-refractivity contribution >= 4 is 101 Å². The smallest absolute Gasteiger partial charge is 0.252 e. The van der Waals surface area contributed by atoms with E-state index in [0.29, 0.717) is 16.4 Å². The zero-order valence-corrected chi connectivity index (χ0v) is 48.4. The van der Waals surface area contributed by atoms with Crippen molar-refractivity contribution in [2.45, 2.75) is 52.4 Å². The lowest BCUT2D eigenvalue weighted by molar-refractivity contribution is 0.590. The molecular weight excluding hydrogens is 1030 g/mol. The molecule has 0 spiro atoms. The van der Waals surface area contributed by atoms with E-state index in [0.717, 1.165) is 112 Å². The van der Waals surface area contributed by atoms with Gasteiger partial charge in [0.25, 0.3) is 6.71 Å². The maximum Gasteiger partial charge on any atom is 0.252 e. The number of fused-ring (bicyclic) bond motifs is 11. The first-order chi connectivity index (χ1) is 43.1. The highest BCUT2D eigenvalue weighted by Gasteiger charge is 2.46. The van der Waals surface area contributed by atoms with Crippen LogP contribution in [0, 0.1) is 0 Å². The summed E-state index contributed by atoms with van der Waals surface area (Å²) < 4.78 is 46.2. The Morgan fingerprint density at radius 1 is 0.376 bits per heavy atom. The van der Waals surface area contributed by atoms with Gasteiger partial charge in [-0.15, -0.1) is 0 Å². The molecule has 0 bridgehead atoms. The molecule has 12 aromatic carbocycles. The number of hydrogen-bond acceptors (Lipinski definition) is 3. The van der Waals surface area contributed by atoms with Crippen LogP contribution in [0.15, 0.2) is 271 Å². The molecule has 4 nitrogen and oxygen atoms in total. The first-order valence-electron chi connectivity index (χ1n) is 31.5. The number of benzene rings is 12. The topological polar surface area (TPSA) is 24.6 Å². The van der Waals surface area contributed by atoms with Gasteiger partial charge in [-0.3, -0.25) is 0 Å². The summed E-state index contributed by atoms with van der Waals surface area (Å²) in [6, 6.07) is 87.2. The van der Waals surface area contributed by atoms with Crippen molar-refractivity contribution < 1.29 is 9.90 Å². The minimum Gasteiger partial charge on any atom is -0.454 e. The maximum atomic E-state index is 9.42. The lowest BCUT2D eigenvalue weighted by Gasteiger charge is -2.45. The average Bonchev–Trinajstić information content (AvgIpc) is 1.62. The Kier molecular flexibility index (Phi) is 10.5. The van der Waals surface area contributed by atoms with Crippen LogP contribution in [0.25, 0.3) is 93.9 Å². The number of furan rings is 1. The van der Waals surface area contributed by atoms with E-state index in [1.807, 2.05) is 12.1 Å². The summed E-state index contributed by atoms with van der Waals surface area (Å²) in [5.74, 6) is 0. The summed E-state index contributed by atoms with van der Waals surface area (Å²) >= 11 is 0. The van der Waals surface area contributed by atoms with Crippen LogP contribution in [0.1, 0.15) is 58.2 Å². The van der Waals surface area contributed by atoms with Crippen molar-refractivity contribution in [1.82, 2.24) is 4.57 Å². The molecule has 2 aliphatic rings. The van der Waals surface area contributed by atoms with Gasteiger partial charge in [-0.05, 0) is 127 Å². The maximum absolute atomic E-state index is 9.42. The van der Waals surface area contributed by atoms with Crippen molar-refractivity contribution in [2.24, 2.45) is 0 Å². The third-order valence-corrected chi connectivity index (χ3v) is 17.8. The molecule has 85 heavy (non-hydrogen) atoms. The van der Waals surface area contributed by atoms with E-state index in [9.17, 15) is 2.74 Å². The number of anilines is 6. The molecule has 0 N–H and O–H groups in total. The van der Waals surface area contributed by atoms with Crippen molar-refractivity contribution in [3.63, 3.8) is 0 Å². The van der Waals surface area contributed by atoms with E-state index in [2.05, 4.69) is 286 Å². The van der Waals surface area contributed by atoms with E-state index >= 15 is 0 Å². The average molecular weight is 1100 g/mol. The SMILES string of the molecule is [2H]c1c([2H])c([2H])c2c(oc3c4c(ccc32)B2c3ccc(-n5c6ccc(C(C)(C)C)cc6c6cc(C(C)(C)C)ccc65)cc3N(c3c(-c5ccccc5)cccc3-c3ccccc3)c3cc(-c5ccccc5)cc(c32)N4c2ccccc2-c2ccccc2)c1[2H]. The Hall–Kier alpha value is -10.1. The van der Waals surface area contributed by atoms with Crippen LogP contribution >= 0.6 is 0 Å². The van der Waals surface area contributed by atoms with Gasteiger partial charge >= 0.3 is 0 Å². The molecular formula is C80H62BN3O. The highest BCUT2D eigenvalue weighted by Crippen LogP contribution is 2.54. The van der Waals surface area contributed by atoms with E-state index in [4.69, 9.17) is 7.16 Å². The Bertz CT molecular complexity index is 5090. The molecule has 14 aromatic rings. The number of rotatable bonds is 7. The molecule has 0 amide bonds. The van der Waals surface area contributed by atoms with Gasteiger partial charge in [0.2, 0.25) is 0 Å². The minimum atomic E-state index is -0.395. The van der Waals surface area contributed by atoms with Crippen LogP contribution in [-0.4, -0.2) is 11.3 Å². The molecule has 0 fully saturated rings. The lowest BCUT2D eigenvalue weighted by atomic mass is 9.33. The molecule has 406 valence electrons. The quantitative estimate of drug-likeness (QED) is 0.149. The molecule has 0 atom stereocenters. The predicted molar refractivity (Wildman–Crippen MR) is 361 cm³/mol. The third-order valence-electron chi connectivity index (χ3n) is 17.8. The van der Waals surface area contributed by atoms with E-state index in [1.54, 1.807) is 0 Å². The lowest BCUT2D eigenvalue weighted by Crippen LogP contribution is -2.61. The molecule has 2 aromatic heterocycles. The van der Waals surface area contributed by atoms with Gasteiger partial charge in [0.1, 0.15) is 5.58 Å². The predicted octanol–water partition coefficient (Wildman–Crippen LogP) is 20.0. The van der Waals surface area contributed by atoms with Crippen molar-refractivity contribution in [1.29, 1.82) is 0 Å². The second kappa shape index (κ2) is 19.2. The second-order valence-corrected chi connectivity index (χ2v) is 24.9. The summed E-state index contributed by atoms with van der Waals surface area (Å²) in [4.78, 5) is 4.94. The normalized spacial score (nSPS) is 13.6. The van der Waals surface area contributed by atoms with Gasteiger partial charge in [-0.1, -0.05) is 248 Å². The Morgan fingerprint density at radius 3 is 1.47 bits per heavy atom. The highest BCUT2D eigenvalue weighted by atomic mass is 16.3. The fraction of sp³-hybridized carbons (Fsp3) is 0.100. The van der Waals surface area contributed by atoms with Gasteiger partial charge < -0.3 is 18.8 Å². The van der Waals surface area contributed by atoms with Crippen LogP contribution in [0.4, 0.5) is 34.1 Å². The van der Waals surface area contributed by atoms with Gasteiger partial charge in [-0.2, -0.15) is 0 Å². The molecule has 0 unspecified atom stereocenters. The van der Waals surface area contributed by atoms with Gasteiger partial charge in [-0.25, -0.2) is 0 Å². The zero-order chi connectivity index (χ0) is 60.8. The minimum absolute atomic E-state index is 0.0738. The molecule has 0 saturated heterocycles. The Morgan fingerprint density at radius 2 is 0.882 bits per heavy atom. The number of aromatic nitrogens is 1. The van der Waals surface area contributed by atoms with Crippen LogP contribution in [0.5, 0.6) is 0 Å². The first-order valence-corrected chi connectivity index (χ1v) is 29.5. The molecule has 0 saturated carbocycles. The van der Waals surface area contributed by atoms with Crippen molar-refractivity contribution in [2.75, 3.05) is 9.80 Å². The molecule has 2 aliphatic heterocycles. The van der Waals surface area contributed by atoms with Gasteiger partial charge in [0.05, 0.1) is 33.6 Å². The largest absolute Gasteiger partial charge is 0.454 e. The van der Waals surface area contributed by atoms with Crippen LogP contribution in [-0.2, 0) is 10.8 Å². The van der Waals surface area contributed by atoms with Crippen LogP contribution in [0.3, 0.4) is 0 Å². The monoisotopic (exact) mass is 1100 g/mol. The fourth-order valence-corrected chi connectivity index (χ4v) is 13.7. The van der Waals surface area contributed by atoms with E-state index in [-0.39, 0.29) is 40.6 Å². The molecule has 0 aliphatic carbocycles. The first kappa shape index (κ1) is 46.4. The third kappa shape index (κ3) is 8.05. The summed E-state index contributed by atoms with van der Waals surface area (Å²) in [7, 11) is 0. The van der Waals surface area contributed by atoms with Crippen molar-refractivity contribution in [3.05, 3.63) is 278 Å². The van der Waals surface area contributed by atoms with Gasteiger partial charge in [0, 0.05) is 61.0 Å². The van der Waals surface area contributed by atoms with Crippen LogP contribution in [0.2, 0.25) is 0 Å². The summed E-state index contributed by atoms with van der Waals surface area (Å²) in [5, 5.41) is 3.40. The highest BCUT2D eigenvalue weighted by molar-refractivity contribution is 7.00. The molecule has 0 radical (unpaired) electrons. The van der Waals surface area contributed by atoms with Gasteiger partial charge in [0.15, 0.2) is 5.58 Å². The number of nitrogens with zero attached hydrogens (tertiary/aromatic N) is 3. The van der Waals surface area contributed by atoms with Crippen LogP contribution < -0.4 is 26.2 Å². The molecule has 16 rings (SSSR count). The fourth-order valence-electron chi connectivity index (χ4n) is 13.7. The number of para-hydroxylation sites is 3.